The summed E-state index contributed by atoms with van der Waals surface area (Å²) in [7, 11) is -1.44. The van der Waals surface area contributed by atoms with Crippen LogP contribution in [0.3, 0.4) is 0 Å². The van der Waals surface area contributed by atoms with Gasteiger partial charge in [0.15, 0.2) is 11.5 Å². The Kier molecular flexibility index (Phi) is 10.6. The molecule has 0 radical (unpaired) electrons. The molecule has 11 heteroatoms. The molecule has 2 amide bonds. The number of amides is 2. The fourth-order valence-corrected chi connectivity index (χ4v) is 6.60. The minimum atomic E-state index is -4.29. The minimum Gasteiger partial charge on any atom is -0.493 e. The summed E-state index contributed by atoms with van der Waals surface area (Å²) in [4.78, 5) is 28.7. The summed E-state index contributed by atoms with van der Waals surface area (Å²) >= 11 is 0. The SMILES string of the molecule is COc1ccc(S(=O)(=O)N(CC(=O)N(Cc2ccc(F)cc2)[C@@H](C)C(=O)NC2CCCCC2)c2ccccc2)cc1OC. The van der Waals surface area contributed by atoms with Crippen molar-refractivity contribution in [1.29, 1.82) is 0 Å². The first kappa shape index (κ1) is 31.8. The van der Waals surface area contributed by atoms with Crippen LogP contribution in [0.1, 0.15) is 44.6 Å². The smallest absolute Gasteiger partial charge is 0.264 e. The summed E-state index contributed by atoms with van der Waals surface area (Å²) in [6.07, 6.45) is 4.92. The Morgan fingerprint density at radius 3 is 2.21 bits per heavy atom. The van der Waals surface area contributed by atoms with E-state index in [2.05, 4.69) is 5.32 Å². The molecule has 9 nitrogen and oxygen atoms in total. The highest BCUT2D eigenvalue weighted by atomic mass is 32.2. The van der Waals surface area contributed by atoms with Gasteiger partial charge >= 0.3 is 0 Å². The van der Waals surface area contributed by atoms with Crippen LogP contribution in [0.2, 0.25) is 0 Å². The van der Waals surface area contributed by atoms with Gasteiger partial charge in [-0.25, -0.2) is 12.8 Å². The number of nitrogens with one attached hydrogen (secondary N) is 1. The van der Waals surface area contributed by atoms with Gasteiger partial charge in [0.2, 0.25) is 11.8 Å². The lowest BCUT2D eigenvalue weighted by Crippen LogP contribution is -2.53. The van der Waals surface area contributed by atoms with E-state index in [0.29, 0.717) is 11.3 Å². The second-order valence-electron chi connectivity index (χ2n) is 10.5. The number of carbonyl (C=O) groups is 2. The van der Waals surface area contributed by atoms with Crippen LogP contribution in [-0.2, 0) is 26.2 Å². The molecule has 1 fully saturated rings. The average Bonchev–Trinajstić information content (AvgIpc) is 3.03. The van der Waals surface area contributed by atoms with Crippen LogP contribution in [0.4, 0.5) is 10.1 Å². The molecule has 0 bridgehead atoms. The topological polar surface area (TPSA) is 105 Å². The van der Waals surface area contributed by atoms with Crippen molar-refractivity contribution in [2.45, 2.75) is 62.6 Å². The number of nitrogens with zero attached hydrogens (tertiary/aromatic N) is 2. The van der Waals surface area contributed by atoms with E-state index in [0.717, 1.165) is 36.4 Å². The van der Waals surface area contributed by atoms with Gasteiger partial charge in [0.25, 0.3) is 10.0 Å². The summed E-state index contributed by atoms with van der Waals surface area (Å²) < 4.78 is 53.4. The van der Waals surface area contributed by atoms with Crippen molar-refractivity contribution in [3.8, 4) is 11.5 Å². The Morgan fingerprint density at radius 2 is 1.58 bits per heavy atom. The molecule has 0 heterocycles. The molecule has 0 saturated heterocycles. The predicted octanol–water partition coefficient (Wildman–Crippen LogP) is 4.90. The molecule has 0 unspecified atom stereocenters. The van der Waals surface area contributed by atoms with Crippen molar-refractivity contribution in [2.24, 2.45) is 0 Å². The molecule has 1 atom stereocenters. The molecule has 3 aromatic rings. The van der Waals surface area contributed by atoms with Gasteiger partial charge in [0, 0.05) is 18.7 Å². The third-order valence-corrected chi connectivity index (χ3v) is 9.42. The van der Waals surface area contributed by atoms with Crippen LogP contribution < -0.4 is 19.1 Å². The van der Waals surface area contributed by atoms with E-state index >= 15 is 0 Å². The largest absolute Gasteiger partial charge is 0.493 e. The molecule has 4 rings (SSSR count). The van der Waals surface area contributed by atoms with Gasteiger partial charge in [-0.05, 0) is 61.7 Å². The highest BCUT2D eigenvalue weighted by Gasteiger charge is 2.33. The van der Waals surface area contributed by atoms with Crippen LogP contribution in [0, 0.1) is 5.82 Å². The van der Waals surface area contributed by atoms with Gasteiger partial charge in [-0.15, -0.1) is 0 Å². The highest BCUT2D eigenvalue weighted by molar-refractivity contribution is 7.92. The number of carbonyl (C=O) groups excluding carboxylic acids is 2. The maximum Gasteiger partial charge on any atom is 0.264 e. The van der Waals surface area contributed by atoms with E-state index in [1.54, 1.807) is 37.3 Å². The number of rotatable bonds is 12. The average molecular weight is 612 g/mol. The van der Waals surface area contributed by atoms with Gasteiger partial charge < -0.3 is 19.7 Å². The molecule has 0 spiro atoms. The first-order valence-electron chi connectivity index (χ1n) is 14.3. The lowest BCUT2D eigenvalue weighted by atomic mass is 9.95. The van der Waals surface area contributed by atoms with Gasteiger partial charge in [-0.1, -0.05) is 49.6 Å². The quantitative estimate of drug-likeness (QED) is 0.312. The number of sulfonamides is 1. The van der Waals surface area contributed by atoms with Gasteiger partial charge in [0.05, 0.1) is 24.8 Å². The standard InChI is InChI=1S/C32H38FN3O6S/c1-23(32(38)34-26-10-6-4-7-11-26)35(21-24-14-16-25(33)17-15-24)31(37)22-36(27-12-8-5-9-13-27)43(39,40)28-18-19-29(41-2)30(20-28)42-3/h5,8-9,12-20,23,26H,4,6-7,10-11,21-22H2,1-3H3,(H,34,38)/t23-/m0/s1. The summed E-state index contributed by atoms with van der Waals surface area (Å²) in [5.41, 5.74) is 0.868. The number of benzene rings is 3. The minimum absolute atomic E-state index is 0.0165. The molecule has 3 aromatic carbocycles. The zero-order chi connectivity index (χ0) is 31.0. The second kappa shape index (κ2) is 14.4. The molecule has 1 aliphatic carbocycles. The number of hydrogen-bond donors (Lipinski definition) is 1. The second-order valence-corrected chi connectivity index (χ2v) is 12.4. The Balaban J connectivity index is 1.68. The van der Waals surface area contributed by atoms with E-state index in [1.807, 2.05) is 0 Å². The third-order valence-electron chi connectivity index (χ3n) is 7.65. The molecular formula is C32H38FN3O6S. The molecular weight excluding hydrogens is 573 g/mol. The van der Waals surface area contributed by atoms with Crippen molar-refractivity contribution in [1.82, 2.24) is 10.2 Å². The Morgan fingerprint density at radius 1 is 0.930 bits per heavy atom. The van der Waals surface area contributed by atoms with Crippen molar-refractivity contribution in [2.75, 3.05) is 25.1 Å². The number of methoxy groups -OCH3 is 2. The Bertz CT molecular complexity index is 1500. The summed E-state index contributed by atoms with van der Waals surface area (Å²) in [5.74, 6) is -0.776. The van der Waals surface area contributed by atoms with E-state index < -0.39 is 34.3 Å². The van der Waals surface area contributed by atoms with Crippen molar-refractivity contribution < 1.29 is 31.9 Å². The van der Waals surface area contributed by atoms with Gasteiger partial charge in [-0.2, -0.15) is 0 Å². The lowest BCUT2D eigenvalue weighted by Gasteiger charge is -2.33. The monoisotopic (exact) mass is 611 g/mol. The molecule has 43 heavy (non-hydrogen) atoms. The Hall–Kier alpha value is -4.12. The van der Waals surface area contributed by atoms with Crippen molar-refractivity contribution in [3.05, 3.63) is 84.2 Å². The van der Waals surface area contributed by atoms with E-state index in [9.17, 15) is 22.4 Å². The maximum atomic E-state index is 14.1. The van der Waals surface area contributed by atoms with E-state index in [4.69, 9.17) is 9.47 Å². The fraction of sp³-hybridized carbons (Fsp3) is 0.375. The molecule has 230 valence electrons. The van der Waals surface area contributed by atoms with E-state index in [-0.39, 0.29) is 34.8 Å². The predicted molar refractivity (Wildman–Crippen MR) is 162 cm³/mol. The number of para-hydroxylation sites is 1. The lowest BCUT2D eigenvalue weighted by molar-refractivity contribution is -0.139. The Labute approximate surface area is 252 Å². The summed E-state index contributed by atoms with van der Waals surface area (Å²) in [6.45, 7) is 1.02. The van der Waals surface area contributed by atoms with Gasteiger partial charge in [-0.3, -0.25) is 13.9 Å². The van der Waals surface area contributed by atoms with E-state index in [1.165, 1.54) is 61.6 Å². The zero-order valence-corrected chi connectivity index (χ0v) is 25.5. The van der Waals surface area contributed by atoms with Gasteiger partial charge in [0.1, 0.15) is 18.4 Å². The molecule has 0 aliphatic heterocycles. The van der Waals surface area contributed by atoms with Crippen LogP contribution in [0.5, 0.6) is 11.5 Å². The van der Waals surface area contributed by atoms with Crippen molar-refractivity contribution in [3.63, 3.8) is 0 Å². The van der Waals surface area contributed by atoms with Crippen LogP contribution in [0.25, 0.3) is 0 Å². The van der Waals surface area contributed by atoms with Crippen LogP contribution >= 0.6 is 0 Å². The van der Waals surface area contributed by atoms with Crippen LogP contribution in [-0.4, -0.2) is 58.0 Å². The van der Waals surface area contributed by atoms with Crippen LogP contribution in [0.15, 0.2) is 77.7 Å². The first-order valence-corrected chi connectivity index (χ1v) is 15.7. The molecule has 1 saturated carbocycles. The highest BCUT2D eigenvalue weighted by Crippen LogP contribution is 2.32. The molecule has 0 aromatic heterocycles. The molecule has 1 N–H and O–H groups in total. The summed E-state index contributed by atoms with van der Waals surface area (Å²) in [6, 6.07) is 17.2. The molecule has 1 aliphatic rings. The fourth-order valence-electron chi connectivity index (χ4n) is 5.17. The summed E-state index contributed by atoms with van der Waals surface area (Å²) in [5, 5.41) is 3.06. The maximum absolute atomic E-state index is 14.1. The first-order chi connectivity index (χ1) is 20.6. The van der Waals surface area contributed by atoms with Crippen molar-refractivity contribution >= 4 is 27.5 Å². The third kappa shape index (κ3) is 7.84. The normalized spacial score (nSPS) is 14.4. The number of ether oxygens (including phenoxy) is 2. The number of anilines is 1. The number of hydrogen-bond acceptors (Lipinski definition) is 6. The zero-order valence-electron chi connectivity index (χ0n) is 24.7. The number of halogens is 1.